The number of benzene rings is 2. The van der Waals surface area contributed by atoms with Crippen molar-refractivity contribution in [2.24, 2.45) is 0 Å². The van der Waals surface area contributed by atoms with Crippen LogP contribution in [0.4, 0.5) is 5.69 Å². The van der Waals surface area contributed by atoms with Crippen molar-refractivity contribution in [2.75, 3.05) is 11.9 Å². The number of anilines is 1. The van der Waals surface area contributed by atoms with Gasteiger partial charge in [-0.2, -0.15) is 0 Å². The van der Waals surface area contributed by atoms with Crippen LogP contribution in [0.2, 0.25) is 0 Å². The number of aryl methyl sites for hydroxylation is 2. The Morgan fingerprint density at radius 3 is 2.71 bits per heavy atom. The number of nitrogens with one attached hydrogen (secondary N) is 1. The standard InChI is InChI=1S/C17H18BrNO2/c1-3-13-6-4-5-7-15(13)19-17(20)11-21-16-9-8-12(2)10-14(16)18/h4-10H,3,11H2,1-2H3,(H,19,20). The molecule has 0 heterocycles. The molecule has 2 rings (SSSR count). The fourth-order valence-electron chi connectivity index (χ4n) is 2.00. The Labute approximate surface area is 133 Å². The molecule has 0 saturated heterocycles. The number of hydrogen-bond donors (Lipinski definition) is 1. The molecule has 0 spiro atoms. The highest BCUT2D eigenvalue weighted by Gasteiger charge is 2.08. The predicted molar refractivity (Wildman–Crippen MR) is 88.8 cm³/mol. The lowest BCUT2D eigenvalue weighted by Gasteiger charge is -2.11. The van der Waals surface area contributed by atoms with Crippen LogP contribution in [0.3, 0.4) is 0 Å². The predicted octanol–water partition coefficient (Wildman–Crippen LogP) is 4.34. The molecular weight excluding hydrogens is 330 g/mol. The van der Waals surface area contributed by atoms with Gasteiger partial charge in [0, 0.05) is 5.69 Å². The summed E-state index contributed by atoms with van der Waals surface area (Å²) in [5, 5.41) is 2.88. The number of hydrogen-bond acceptors (Lipinski definition) is 2. The molecule has 0 saturated carbocycles. The Morgan fingerprint density at radius 1 is 1.24 bits per heavy atom. The van der Waals surface area contributed by atoms with E-state index in [4.69, 9.17) is 4.74 Å². The molecule has 1 N–H and O–H groups in total. The van der Waals surface area contributed by atoms with Crippen molar-refractivity contribution in [2.45, 2.75) is 20.3 Å². The lowest BCUT2D eigenvalue weighted by Crippen LogP contribution is -2.21. The van der Waals surface area contributed by atoms with Gasteiger partial charge in [-0.25, -0.2) is 0 Å². The molecule has 3 nitrogen and oxygen atoms in total. The van der Waals surface area contributed by atoms with Crippen LogP contribution in [-0.2, 0) is 11.2 Å². The van der Waals surface area contributed by atoms with Crippen molar-refractivity contribution in [3.63, 3.8) is 0 Å². The summed E-state index contributed by atoms with van der Waals surface area (Å²) in [5.74, 6) is 0.503. The highest BCUT2D eigenvalue weighted by molar-refractivity contribution is 9.10. The van der Waals surface area contributed by atoms with Crippen molar-refractivity contribution >= 4 is 27.5 Å². The van der Waals surface area contributed by atoms with Crippen molar-refractivity contribution in [3.8, 4) is 5.75 Å². The van der Waals surface area contributed by atoms with Gasteiger partial charge in [-0.05, 0) is 58.6 Å². The number of amides is 1. The third-order valence-corrected chi connectivity index (χ3v) is 3.74. The minimum absolute atomic E-state index is 0.0142. The van der Waals surface area contributed by atoms with Crippen LogP contribution in [0.25, 0.3) is 0 Å². The zero-order chi connectivity index (χ0) is 15.2. The van der Waals surface area contributed by atoms with Crippen LogP contribution in [0.1, 0.15) is 18.1 Å². The minimum atomic E-state index is -0.164. The maximum atomic E-state index is 12.0. The smallest absolute Gasteiger partial charge is 0.262 e. The Hall–Kier alpha value is -1.81. The van der Waals surface area contributed by atoms with Gasteiger partial charge in [0.1, 0.15) is 5.75 Å². The summed E-state index contributed by atoms with van der Waals surface area (Å²) < 4.78 is 6.39. The van der Waals surface area contributed by atoms with E-state index in [-0.39, 0.29) is 12.5 Å². The Bertz CT molecular complexity index is 640. The average Bonchev–Trinajstić information content (AvgIpc) is 2.47. The highest BCUT2D eigenvalue weighted by Crippen LogP contribution is 2.25. The summed E-state index contributed by atoms with van der Waals surface area (Å²) in [4.78, 5) is 12.0. The van der Waals surface area contributed by atoms with E-state index in [0.29, 0.717) is 5.75 Å². The molecule has 0 aliphatic carbocycles. The van der Waals surface area contributed by atoms with Gasteiger partial charge < -0.3 is 10.1 Å². The molecule has 110 valence electrons. The molecule has 0 radical (unpaired) electrons. The van der Waals surface area contributed by atoms with Crippen LogP contribution in [0.5, 0.6) is 5.75 Å². The quantitative estimate of drug-likeness (QED) is 0.873. The van der Waals surface area contributed by atoms with Crippen LogP contribution >= 0.6 is 15.9 Å². The maximum Gasteiger partial charge on any atom is 0.262 e. The SMILES string of the molecule is CCc1ccccc1NC(=O)COc1ccc(C)cc1Br. The van der Waals surface area contributed by atoms with Gasteiger partial charge in [0.15, 0.2) is 6.61 Å². The largest absolute Gasteiger partial charge is 0.483 e. The molecule has 4 heteroatoms. The summed E-state index contributed by atoms with van der Waals surface area (Å²) in [6.45, 7) is 4.05. The van der Waals surface area contributed by atoms with E-state index in [9.17, 15) is 4.79 Å². The van der Waals surface area contributed by atoms with E-state index in [1.54, 1.807) is 0 Å². The molecule has 0 atom stereocenters. The van der Waals surface area contributed by atoms with E-state index >= 15 is 0 Å². The van der Waals surface area contributed by atoms with Gasteiger partial charge in [-0.3, -0.25) is 4.79 Å². The van der Waals surface area contributed by atoms with E-state index < -0.39 is 0 Å². The van der Waals surface area contributed by atoms with Crippen molar-refractivity contribution in [1.82, 2.24) is 0 Å². The second-order valence-corrected chi connectivity index (χ2v) is 5.64. The molecule has 1 amide bonds. The fourth-order valence-corrected chi connectivity index (χ4v) is 2.61. The average molecular weight is 348 g/mol. The number of para-hydroxylation sites is 1. The monoisotopic (exact) mass is 347 g/mol. The fraction of sp³-hybridized carbons (Fsp3) is 0.235. The molecule has 0 aliphatic heterocycles. The van der Waals surface area contributed by atoms with Gasteiger partial charge in [-0.15, -0.1) is 0 Å². The second-order valence-electron chi connectivity index (χ2n) is 4.78. The Morgan fingerprint density at radius 2 is 2.00 bits per heavy atom. The molecule has 0 unspecified atom stereocenters. The zero-order valence-electron chi connectivity index (χ0n) is 12.2. The normalized spacial score (nSPS) is 10.2. The van der Waals surface area contributed by atoms with Gasteiger partial charge in [0.2, 0.25) is 0 Å². The first-order valence-electron chi connectivity index (χ1n) is 6.87. The molecular formula is C17H18BrNO2. The molecule has 0 fully saturated rings. The van der Waals surface area contributed by atoms with Crippen LogP contribution in [-0.4, -0.2) is 12.5 Å². The third kappa shape index (κ3) is 4.33. The Kier molecular flexibility index (Phi) is 5.39. The maximum absolute atomic E-state index is 12.0. The van der Waals surface area contributed by atoms with E-state index in [1.165, 1.54) is 0 Å². The van der Waals surface area contributed by atoms with Crippen molar-refractivity contribution < 1.29 is 9.53 Å². The molecule has 2 aromatic carbocycles. The molecule has 0 aromatic heterocycles. The van der Waals surface area contributed by atoms with Crippen molar-refractivity contribution in [1.29, 1.82) is 0 Å². The zero-order valence-corrected chi connectivity index (χ0v) is 13.7. The number of carbonyl (C=O) groups excluding carboxylic acids is 1. The number of rotatable bonds is 5. The molecule has 0 bridgehead atoms. The second kappa shape index (κ2) is 7.27. The summed E-state index contributed by atoms with van der Waals surface area (Å²) in [7, 11) is 0. The first-order valence-corrected chi connectivity index (χ1v) is 7.66. The number of ether oxygens (including phenoxy) is 1. The topological polar surface area (TPSA) is 38.3 Å². The lowest BCUT2D eigenvalue weighted by molar-refractivity contribution is -0.118. The van der Waals surface area contributed by atoms with Crippen molar-refractivity contribution in [3.05, 3.63) is 58.1 Å². The van der Waals surface area contributed by atoms with E-state index in [0.717, 1.165) is 27.7 Å². The van der Waals surface area contributed by atoms with E-state index in [2.05, 4.69) is 28.2 Å². The van der Waals surface area contributed by atoms with Gasteiger partial charge in [0.05, 0.1) is 4.47 Å². The minimum Gasteiger partial charge on any atom is -0.483 e. The molecule has 0 aliphatic rings. The summed E-state index contributed by atoms with van der Waals surface area (Å²) in [5.41, 5.74) is 3.09. The molecule has 21 heavy (non-hydrogen) atoms. The first-order chi connectivity index (χ1) is 10.1. The third-order valence-electron chi connectivity index (χ3n) is 3.12. The summed E-state index contributed by atoms with van der Waals surface area (Å²) in [6, 6.07) is 13.5. The highest BCUT2D eigenvalue weighted by atomic mass is 79.9. The first kappa shape index (κ1) is 15.6. The van der Waals surface area contributed by atoms with Crippen LogP contribution in [0, 0.1) is 6.92 Å². The van der Waals surface area contributed by atoms with Gasteiger partial charge >= 0.3 is 0 Å². The Balaban J connectivity index is 1.96. The number of carbonyl (C=O) groups is 1. The lowest BCUT2D eigenvalue weighted by atomic mass is 10.1. The molecule has 2 aromatic rings. The summed E-state index contributed by atoms with van der Waals surface area (Å²) >= 11 is 3.43. The number of halogens is 1. The van der Waals surface area contributed by atoms with Crippen LogP contribution < -0.4 is 10.1 Å². The van der Waals surface area contributed by atoms with Crippen LogP contribution in [0.15, 0.2) is 46.9 Å². The van der Waals surface area contributed by atoms with Gasteiger partial charge in [-0.1, -0.05) is 31.2 Å². The summed E-state index contributed by atoms with van der Waals surface area (Å²) in [6.07, 6.45) is 0.876. The van der Waals surface area contributed by atoms with E-state index in [1.807, 2.05) is 49.4 Å². The van der Waals surface area contributed by atoms with Gasteiger partial charge in [0.25, 0.3) is 5.91 Å².